The minimum atomic E-state index is 0.131. The molecular formula is C24H38N4O3. The molecule has 3 heterocycles. The summed E-state index contributed by atoms with van der Waals surface area (Å²) in [5.74, 6) is 1.70. The lowest BCUT2D eigenvalue weighted by atomic mass is 10.0. The summed E-state index contributed by atoms with van der Waals surface area (Å²) < 4.78 is 10.8. The smallest absolute Gasteiger partial charge is 0.237 e. The predicted molar refractivity (Wildman–Crippen MR) is 122 cm³/mol. The molecule has 0 saturated carbocycles. The molecular weight excluding hydrogens is 392 g/mol. The predicted octanol–water partition coefficient (Wildman–Crippen LogP) is 2.08. The Labute approximate surface area is 186 Å². The van der Waals surface area contributed by atoms with Crippen LogP contribution < -0.4 is 9.47 Å². The highest BCUT2D eigenvalue weighted by Gasteiger charge is 2.33. The van der Waals surface area contributed by atoms with Gasteiger partial charge in [-0.2, -0.15) is 0 Å². The van der Waals surface area contributed by atoms with E-state index in [0.29, 0.717) is 12.6 Å². The molecule has 4 rings (SSSR count). The van der Waals surface area contributed by atoms with Crippen LogP contribution in [0.25, 0.3) is 0 Å². The van der Waals surface area contributed by atoms with Crippen LogP contribution in [0.2, 0.25) is 0 Å². The van der Waals surface area contributed by atoms with Gasteiger partial charge >= 0.3 is 0 Å². The summed E-state index contributed by atoms with van der Waals surface area (Å²) in [4.78, 5) is 22.7. The van der Waals surface area contributed by atoms with Gasteiger partial charge in [0.2, 0.25) is 5.91 Å². The number of nitrogens with zero attached hydrogens (tertiary/aromatic N) is 4. The maximum Gasteiger partial charge on any atom is 0.237 e. The molecule has 0 spiro atoms. The Morgan fingerprint density at radius 1 is 0.968 bits per heavy atom. The monoisotopic (exact) mass is 430 g/mol. The molecule has 1 amide bonds. The molecule has 0 N–H and O–H groups in total. The Hall–Kier alpha value is -1.83. The van der Waals surface area contributed by atoms with E-state index in [1.807, 2.05) is 12.1 Å². The summed E-state index contributed by atoms with van der Waals surface area (Å²) in [6.45, 7) is 7.90. The fourth-order valence-electron chi connectivity index (χ4n) is 5.48. The molecule has 2 atom stereocenters. The molecule has 3 saturated heterocycles. The molecule has 0 aromatic heterocycles. The number of piperazine rings is 1. The minimum Gasteiger partial charge on any atom is -0.493 e. The average Bonchev–Trinajstić information content (AvgIpc) is 3.29. The number of carbonyl (C=O) groups excluding carboxylic acids is 1. The third kappa shape index (κ3) is 5.16. The van der Waals surface area contributed by atoms with Crippen LogP contribution in [-0.4, -0.2) is 105 Å². The number of carbonyl (C=O) groups is 1. The Morgan fingerprint density at radius 3 is 2.42 bits per heavy atom. The van der Waals surface area contributed by atoms with Crippen LogP contribution in [0.15, 0.2) is 18.2 Å². The van der Waals surface area contributed by atoms with E-state index in [4.69, 9.17) is 9.47 Å². The molecule has 0 radical (unpaired) electrons. The SMILES string of the molecule is COc1ccc(C2CCCN2C(=O)CN2CCN(C3CCCN(C)C3)CC2)cc1OC. The normalized spacial score (nSPS) is 26.2. The van der Waals surface area contributed by atoms with Crippen molar-refractivity contribution >= 4 is 5.91 Å². The van der Waals surface area contributed by atoms with Gasteiger partial charge in [-0.15, -0.1) is 0 Å². The van der Waals surface area contributed by atoms with Crippen molar-refractivity contribution in [1.82, 2.24) is 19.6 Å². The van der Waals surface area contributed by atoms with Crippen LogP contribution in [0.5, 0.6) is 11.5 Å². The van der Waals surface area contributed by atoms with Gasteiger partial charge in [-0.1, -0.05) is 6.07 Å². The second-order valence-electron chi connectivity index (χ2n) is 9.23. The summed E-state index contributed by atoms with van der Waals surface area (Å²) >= 11 is 0. The van der Waals surface area contributed by atoms with Gasteiger partial charge in [-0.3, -0.25) is 14.6 Å². The van der Waals surface area contributed by atoms with Crippen molar-refractivity contribution in [1.29, 1.82) is 0 Å². The molecule has 0 aliphatic carbocycles. The van der Waals surface area contributed by atoms with Gasteiger partial charge in [0, 0.05) is 45.3 Å². The largest absolute Gasteiger partial charge is 0.493 e. The molecule has 3 aliphatic heterocycles. The highest BCUT2D eigenvalue weighted by atomic mass is 16.5. The zero-order chi connectivity index (χ0) is 21.8. The summed E-state index contributed by atoms with van der Waals surface area (Å²) in [7, 11) is 5.53. The summed E-state index contributed by atoms with van der Waals surface area (Å²) in [5.41, 5.74) is 1.13. The van der Waals surface area contributed by atoms with Gasteiger partial charge in [0.1, 0.15) is 0 Å². The second kappa shape index (κ2) is 10.2. The van der Waals surface area contributed by atoms with E-state index >= 15 is 0 Å². The number of likely N-dealkylation sites (tertiary alicyclic amines) is 2. The highest BCUT2D eigenvalue weighted by molar-refractivity contribution is 5.79. The topological polar surface area (TPSA) is 48.5 Å². The Kier molecular flexibility index (Phi) is 7.35. The molecule has 3 aliphatic rings. The number of hydrogen-bond donors (Lipinski definition) is 0. The maximum atomic E-state index is 13.2. The fraction of sp³-hybridized carbons (Fsp3) is 0.708. The molecule has 1 aromatic rings. The Bertz CT molecular complexity index is 750. The van der Waals surface area contributed by atoms with Gasteiger partial charge in [-0.05, 0) is 57.0 Å². The van der Waals surface area contributed by atoms with Crippen molar-refractivity contribution in [2.45, 2.75) is 37.8 Å². The zero-order valence-electron chi connectivity index (χ0n) is 19.4. The Balaban J connectivity index is 1.32. The van der Waals surface area contributed by atoms with Crippen LogP contribution in [0, 0.1) is 0 Å². The zero-order valence-corrected chi connectivity index (χ0v) is 19.4. The van der Waals surface area contributed by atoms with Gasteiger partial charge in [0.15, 0.2) is 11.5 Å². The van der Waals surface area contributed by atoms with Gasteiger partial charge < -0.3 is 19.3 Å². The molecule has 1 aromatic carbocycles. The lowest BCUT2D eigenvalue weighted by molar-refractivity contribution is -0.134. The molecule has 7 heteroatoms. The van der Waals surface area contributed by atoms with E-state index in [0.717, 1.165) is 62.6 Å². The number of benzene rings is 1. The van der Waals surface area contributed by atoms with Crippen molar-refractivity contribution in [3.05, 3.63) is 23.8 Å². The maximum absolute atomic E-state index is 13.2. The van der Waals surface area contributed by atoms with Crippen LogP contribution in [0.3, 0.4) is 0 Å². The van der Waals surface area contributed by atoms with Gasteiger partial charge in [0.05, 0.1) is 26.8 Å². The molecule has 7 nitrogen and oxygen atoms in total. The number of methoxy groups -OCH3 is 2. The lowest BCUT2D eigenvalue weighted by Crippen LogP contribution is -2.55. The second-order valence-corrected chi connectivity index (χ2v) is 9.23. The average molecular weight is 431 g/mol. The first-order valence-electron chi connectivity index (χ1n) is 11.8. The van der Waals surface area contributed by atoms with Gasteiger partial charge in [0.25, 0.3) is 0 Å². The van der Waals surface area contributed by atoms with E-state index in [9.17, 15) is 4.79 Å². The first-order valence-corrected chi connectivity index (χ1v) is 11.8. The number of amides is 1. The van der Waals surface area contributed by atoms with Crippen molar-refractivity contribution in [3.63, 3.8) is 0 Å². The van der Waals surface area contributed by atoms with Crippen molar-refractivity contribution in [2.24, 2.45) is 0 Å². The quantitative estimate of drug-likeness (QED) is 0.689. The summed E-state index contributed by atoms with van der Waals surface area (Å²) in [6.07, 6.45) is 4.66. The van der Waals surface area contributed by atoms with E-state index in [1.54, 1.807) is 14.2 Å². The molecule has 172 valence electrons. The highest BCUT2D eigenvalue weighted by Crippen LogP contribution is 2.37. The van der Waals surface area contributed by atoms with Crippen molar-refractivity contribution < 1.29 is 14.3 Å². The molecule has 0 bridgehead atoms. The Morgan fingerprint density at radius 2 is 1.71 bits per heavy atom. The van der Waals surface area contributed by atoms with E-state index in [2.05, 4.69) is 32.7 Å². The van der Waals surface area contributed by atoms with Crippen LogP contribution in [0.4, 0.5) is 0 Å². The molecule has 3 fully saturated rings. The van der Waals surface area contributed by atoms with E-state index in [-0.39, 0.29) is 11.9 Å². The summed E-state index contributed by atoms with van der Waals surface area (Å²) in [6, 6.07) is 6.85. The van der Waals surface area contributed by atoms with Crippen molar-refractivity contribution in [2.75, 3.05) is 73.6 Å². The van der Waals surface area contributed by atoms with Crippen molar-refractivity contribution in [3.8, 4) is 11.5 Å². The number of piperidine rings is 1. The first-order chi connectivity index (χ1) is 15.1. The van der Waals surface area contributed by atoms with Crippen LogP contribution >= 0.6 is 0 Å². The first kappa shape index (κ1) is 22.4. The fourth-order valence-corrected chi connectivity index (χ4v) is 5.48. The summed E-state index contributed by atoms with van der Waals surface area (Å²) in [5, 5.41) is 0. The van der Waals surface area contributed by atoms with E-state index in [1.165, 1.54) is 25.9 Å². The molecule has 2 unspecified atom stereocenters. The third-order valence-corrected chi connectivity index (χ3v) is 7.25. The van der Waals surface area contributed by atoms with Crippen LogP contribution in [0.1, 0.15) is 37.3 Å². The lowest BCUT2D eigenvalue weighted by Gasteiger charge is -2.42. The number of rotatable bonds is 6. The van der Waals surface area contributed by atoms with Crippen LogP contribution in [-0.2, 0) is 4.79 Å². The number of ether oxygens (including phenoxy) is 2. The van der Waals surface area contributed by atoms with Gasteiger partial charge in [-0.25, -0.2) is 0 Å². The number of likely N-dealkylation sites (N-methyl/N-ethyl adjacent to an activating group) is 1. The number of hydrogen-bond acceptors (Lipinski definition) is 6. The minimum absolute atomic E-state index is 0.131. The standard InChI is InChI=1S/C24H38N4O3/c1-25-10-4-6-20(17-25)27-14-12-26(13-15-27)18-24(29)28-11-5-7-21(28)19-8-9-22(30-2)23(16-19)31-3/h8-9,16,20-21H,4-7,10-15,17-18H2,1-3H3. The van der Waals surface area contributed by atoms with E-state index < -0.39 is 0 Å². The molecule has 31 heavy (non-hydrogen) atoms. The third-order valence-electron chi connectivity index (χ3n) is 7.25.